The summed E-state index contributed by atoms with van der Waals surface area (Å²) in [4.78, 5) is 22.2. The highest BCUT2D eigenvalue weighted by Gasteiger charge is 2.11. The Bertz CT molecular complexity index is 315. The number of nitrogens with one attached hydrogen (secondary N) is 1. The van der Waals surface area contributed by atoms with Gasteiger partial charge < -0.3 is 10.1 Å². The van der Waals surface area contributed by atoms with E-state index in [1.807, 2.05) is 0 Å². The fourth-order valence-electron chi connectivity index (χ4n) is 0.447. The Kier molecular flexibility index (Phi) is 1.78. The lowest BCUT2D eigenvalue weighted by atomic mass is 10.5. The maximum atomic E-state index is 10.4. The number of halogens is 1. The van der Waals surface area contributed by atoms with Gasteiger partial charge in [0.1, 0.15) is 4.34 Å². The smallest absolute Gasteiger partial charge is 0.354 e. The second-order valence-electron chi connectivity index (χ2n) is 1.47. The maximum absolute atomic E-state index is 10.4. The van der Waals surface area contributed by atoms with Gasteiger partial charge in [0.25, 0.3) is 0 Å². The van der Waals surface area contributed by atoms with Crippen molar-refractivity contribution in [2.24, 2.45) is 0 Å². The van der Waals surface area contributed by atoms with Gasteiger partial charge in [-0.3, -0.25) is 4.79 Å². The molecule has 1 aromatic heterocycles. The maximum Gasteiger partial charge on any atom is 0.354 e. The second kappa shape index (κ2) is 2.43. The van der Waals surface area contributed by atoms with Gasteiger partial charge in [-0.1, -0.05) is 22.9 Å². The molecule has 0 unspecified atom stereocenters. The molecule has 0 aliphatic rings. The Hall–Kier alpha value is -0.810. The van der Waals surface area contributed by atoms with Crippen LogP contribution in [0.15, 0.2) is 4.79 Å². The Morgan fingerprint density at radius 3 is 2.50 bits per heavy atom. The van der Waals surface area contributed by atoms with Crippen molar-refractivity contribution in [1.82, 2.24) is 4.98 Å². The van der Waals surface area contributed by atoms with E-state index in [4.69, 9.17) is 16.7 Å². The van der Waals surface area contributed by atoms with Gasteiger partial charge in [0.05, 0.1) is 0 Å². The highest BCUT2D eigenvalue weighted by atomic mass is 35.5. The predicted molar refractivity (Wildman–Crippen MR) is 36.9 cm³/mol. The van der Waals surface area contributed by atoms with Crippen molar-refractivity contribution in [3.63, 3.8) is 0 Å². The fourth-order valence-corrected chi connectivity index (χ4v) is 1.34. The number of carboxylic acids is 1. The Morgan fingerprint density at radius 1 is 1.70 bits per heavy atom. The first-order valence-corrected chi connectivity index (χ1v) is 3.42. The number of carbonyl (C=O) groups is 1. The normalized spacial score (nSPS) is 9.70. The molecule has 0 aromatic carbocycles. The highest BCUT2D eigenvalue weighted by molar-refractivity contribution is 7.14. The van der Waals surface area contributed by atoms with E-state index in [9.17, 15) is 9.59 Å². The van der Waals surface area contributed by atoms with E-state index >= 15 is 0 Å². The van der Waals surface area contributed by atoms with Gasteiger partial charge in [-0.05, 0) is 0 Å². The molecule has 0 amide bonds. The lowest BCUT2D eigenvalue weighted by Gasteiger charge is -1.83. The first-order valence-electron chi connectivity index (χ1n) is 2.23. The minimum absolute atomic E-state index is 0.0162. The van der Waals surface area contributed by atoms with E-state index in [-0.39, 0.29) is 10.0 Å². The van der Waals surface area contributed by atoms with Crippen molar-refractivity contribution in [3.8, 4) is 0 Å². The van der Waals surface area contributed by atoms with Crippen LogP contribution in [-0.4, -0.2) is 16.1 Å². The standard InChI is InChI=1S/C4H2ClNO3S/c5-2-1(3(7)8)6-4(9)10-2/h(H,6,9)(H,7,8). The van der Waals surface area contributed by atoms with Gasteiger partial charge in [-0.2, -0.15) is 0 Å². The summed E-state index contributed by atoms with van der Waals surface area (Å²) in [7, 11) is 0. The number of hydrogen-bond acceptors (Lipinski definition) is 3. The van der Waals surface area contributed by atoms with Crippen LogP contribution >= 0.6 is 22.9 Å². The summed E-state index contributed by atoms with van der Waals surface area (Å²) >= 11 is 6.02. The Labute approximate surface area is 64.1 Å². The quantitative estimate of drug-likeness (QED) is 0.670. The fraction of sp³-hybridized carbons (Fsp3) is 0. The monoisotopic (exact) mass is 179 g/mol. The van der Waals surface area contributed by atoms with E-state index in [2.05, 4.69) is 4.98 Å². The zero-order chi connectivity index (χ0) is 7.72. The molecule has 0 atom stereocenters. The summed E-state index contributed by atoms with van der Waals surface area (Å²) < 4.78 is -0.0162. The van der Waals surface area contributed by atoms with Crippen molar-refractivity contribution in [2.75, 3.05) is 0 Å². The largest absolute Gasteiger partial charge is 0.477 e. The molecule has 1 rings (SSSR count). The van der Waals surface area contributed by atoms with E-state index in [0.29, 0.717) is 11.3 Å². The molecule has 54 valence electrons. The SMILES string of the molecule is O=C(O)c1[nH]c(=O)sc1Cl. The highest BCUT2D eigenvalue weighted by Crippen LogP contribution is 2.15. The summed E-state index contributed by atoms with van der Waals surface area (Å²) in [6.45, 7) is 0. The van der Waals surface area contributed by atoms with Crippen LogP contribution < -0.4 is 4.87 Å². The zero-order valence-corrected chi connectivity index (χ0v) is 6.12. The first kappa shape index (κ1) is 7.30. The average molecular weight is 180 g/mol. The second-order valence-corrected chi connectivity index (χ2v) is 3.05. The summed E-state index contributed by atoms with van der Waals surface area (Å²) in [5.41, 5.74) is -0.239. The van der Waals surface area contributed by atoms with Crippen LogP contribution in [0, 0.1) is 0 Å². The van der Waals surface area contributed by atoms with E-state index < -0.39 is 10.8 Å². The van der Waals surface area contributed by atoms with Crippen LogP contribution in [0.3, 0.4) is 0 Å². The number of thiazole rings is 1. The summed E-state index contributed by atoms with van der Waals surface area (Å²) in [6, 6.07) is 0. The molecule has 1 aromatic rings. The third kappa shape index (κ3) is 1.19. The van der Waals surface area contributed by atoms with Crippen molar-refractivity contribution in [3.05, 3.63) is 19.7 Å². The van der Waals surface area contributed by atoms with Crippen LogP contribution in [0.25, 0.3) is 0 Å². The molecule has 4 nitrogen and oxygen atoms in total. The van der Waals surface area contributed by atoms with Gasteiger partial charge >= 0.3 is 10.8 Å². The third-order valence-electron chi connectivity index (χ3n) is 0.820. The number of aromatic nitrogens is 1. The van der Waals surface area contributed by atoms with Crippen molar-refractivity contribution in [1.29, 1.82) is 0 Å². The molecule has 0 saturated carbocycles. The van der Waals surface area contributed by atoms with Gasteiger partial charge in [0.2, 0.25) is 0 Å². The lowest BCUT2D eigenvalue weighted by molar-refractivity contribution is 0.0691. The number of H-pyrrole nitrogens is 1. The topological polar surface area (TPSA) is 70.2 Å². The number of aromatic amines is 1. The van der Waals surface area contributed by atoms with Crippen LogP contribution in [0.1, 0.15) is 10.5 Å². The molecule has 1 heterocycles. The number of rotatable bonds is 1. The van der Waals surface area contributed by atoms with Crippen molar-refractivity contribution in [2.45, 2.75) is 0 Å². The van der Waals surface area contributed by atoms with Crippen LogP contribution in [0.4, 0.5) is 0 Å². The molecule has 0 aliphatic heterocycles. The van der Waals surface area contributed by atoms with Crippen molar-refractivity contribution >= 4 is 28.9 Å². The third-order valence-corrected chi connectivity index (χ3v) is 1.91. The van der Waals surface area contributed by atoms with Gasteiger partial charge in [-0.15, -0.1) is 0 Å². The number of carboxylic acid groups (broad SMARTS) is 1. The van der Waals surface area contributed by atoms with Gasteiger partial charge in [0.15, 0.2) is 5.69 Å². The molecule has 10 heavy (non-hydrogen) atoms. The molecule has 0 spiro atoms. The molecule has 0 saturated heterocycles. The minimum atomic E-state index is -1.22. The van der Waals surface area contributed by atoms with E-state index in [1.54, 1.807) is 0 Å². The average Bonchev–Trinajstić information content (AvgIpc) is 2.10. The predicted octanol–water partition coefficient (Wildman–Crippen LogP) is 0.788. The molecular formula is C4H2ClNO3S. The van der Waals surface area contributed by atoms with Gasteiger partial charge in [0, 0.05) is 0 Å². The van der Waals surface area contributed by atoms with E-state index in [1.165, 1.54) is 0 Å². The van der Waals surface area contributed by atoms with E-state index in [0.717, 1.165) is 0 Å². The molecular weight excluding hydrogens is 178 g/mol. The molecule has 0 aliphatic carbocycles. The minimum Gasteiger partial charge on any atom is -0.477 e. The van der Waals surface area contributed by atoms with Crippen LogP contribution in [0.2, 0.25) is 4.34 Å². The molecule has 0 fully saturated rings. The number of hydrogen-bond donors (Lipinski definition) is 2. The molecule has 0 bridgehead atoms. The first-order chi connectivity index (χ1) is 4.61. The van der Waals surface area contributed by atoms with Gasteiger partial charge in [-0.25, -0.2) is 4.79 Å². The van der Waals surface area contributed by atoms with Crippen LogP contribution in [0.5, 0.6) is 0 Å². The Balaban J connectivity index is 3.28. The summed E-state index contributed by atoms with van der Waals surface area (Å²) in [5.74, 6) is -1.22. The molecule has 2 N–H and O–H groups in total. The van der Waals surface area contributed by atoms with Crippen molar-refractivity contribution < 1.29 is 9.90 Å². The summed E-state index contributed by atoms with van der Waals surface area (Å²) in [5, 5.41) is 8.33. The molecule has 6 heteroatoms. The zero-order valence-electron chi connectivity index (χ0n) is 4.55. The molecule has 0 radical (unpaired) electrons. The Morgan fingerprint density at radius 2 is 2.30 bits per heavy atom. The summed E-state index contributed by atoms with van der Waals surface area (Å²) in [6.07, 6.45) is 0. The lowest BCUT2D eigenvalue weighted by Crippen LogP contribution is -2.01. The van der Waals surface area contributed by atoms with Crippen LogP contribution in [-0.2, 0) is 0 Å². The number of aromatic carboxylic acids is 1.